The highest BCUT2D eigenvalue weighted by Gasteiger charge is 2.38. The quantitative estimate of drug-likeness (QED) is 0.771. The Morgan fingerprint density at radius 3 is 2.56 bits per heavy atom. The topological polar surface area (TPSA) is 49.4 Å². The van der Waals surface area contributed by atoms with E-state index >= 15 is 0 Å². The zero-order valence-electron chi connectivity index (χ0n) is 10.5. The molecule has 0 aliphatic carbocycles. The van der Waals surface area contributed by atoms with E-state index < -0.39 is 10.8 Å². The number of amides is 1. The van der Waals surface area contributed by atoms with Crippen molar-refractivity contribution in [2.45, 2.75) is 39.4 Å². The molecule has 1 heterocycles. The molecule has 1 aliphatic rings. The molecule has 0 saturated carbocycles. The molecule has 0 radical (unpaired) electrons. The Hall–Kier alpha value is -0.420. The second-order valence-electron chi connectivity index (χ2n) is 4.62. The van der Waals surface area contributed by atoms with Crippen LogP contribution in [0.25, 0.3) is 0 Å². The Labute approximate surface area is 100 Å². The monoisotopic (exact) mass is 246 g/mol. The van der Waals surface area contributed by atoms with Crippen LogP contribution in [0, 0.1) is 5.92 Å². The van der Waals surface area contributed by atoms with Crippen LogP contribution in [0.2, 0.25) is 0 Å². The summed E-state index contributed by atoms with van der Waals surface area (Å²) in [7, 11) is -0.837. The summed E-state index contributed by atoms with van der Waals surface area (Å²) >= 11 is 0. The molecule has 1 aliphatic heterocycles. The van der Waals surface area contributed by atoms with Crippen LogP contribution in [0.5, 0.6) is 0 Å². The van der Waals surface area contributed by atoms with Crippen LogP contribution in [-0.2, 0) is 15.6 Å². The lowest BCUT2D eigenvalue weighted by atomic mass is 10.1. The first-order chi connectivity index (χ1) is 7.47. The fraction of sp³-hybridized carbons (Fsp3) is 0.909. The number of nitrogens with zero attached hydrogens (tertiary/aromatic N) is 1. The van der Waals surface area contributed by atoms with Crippen molar-refractivity contribution in [1.29, 1.82) is 0 Å². The molecule has 3 unspecified atom stereocenters. The minimum absolute atomic E-state index is 0.0739. The highest BCUT2D eigenvalue weighted by molar-refractivity contribution is 7.84. The van der Waals surface area contributed by atoms with Gasteiger partial charge in [0.1, 0.15) is 0 Å². The van der Waals surface area contributed by atoms with Gasteiger partial charge >= 0.3 is 0 Å². The number of hydrogen-bond donors (Lipinski definition) is 1. The van der Waals surface area contributed by atoms with E-state index in [1.807, 2.05) is 18.7 Å². The summed E-state index contributed by atoms with van der Waals surface area (Å²) in [5, 5.41) is 3.34. The maximum atomic E-state index is 12.1. The van der Waals surface area contributed by atoms with Gasteiger partial charge in [0.15, 0.2) is 0 Å². The Balaban J connectivity index is 2.66. The lowest BCUT2D eigenvalue weighted by Gasteiger charge is -2.22. The Bertz CT molecular complexity index is 281. The summed E-state index contributed by atoms with van der Waals surface area (Å²) in [6, 6.07) is -0.0739. The third-order valence-corrected chi connectivity index (χ3v) is 3.73. The van der Waals surface area contributed by atoms with Crippen molar-refractivity contribution in [3.8, 4) is 0 Å². The molecule has 1 rings (SSSR count). The van der Waals surface area contributed by atoms with Gasteiger partial charge in [-0.15, -0.1) is 0 Å². The minimum atomic E-state index is -0.837. The SMILES string of the molecule is CCC1NC(C(C)C)C(=O)N1CCS(C)=O. The molecule has 94 valence electrons. The van der Waals surface area contributed by atoms with E-state index in [1.54, 1.807) is 6.26 Å². The fourth-order valence-corrected chi connectivity index (χ4v) is 2.46. The summed E-state index contributed by atoms with van der Waals surface area (Å²) in [6.45, 7) is 6.74. The fourth-order valence-electron chi connectivity index (χ4n) is 2.01. The van der Waals surface area contributed by atoms with Gasteiger partial charge in [0, 0.05) is 29.4 Å². The van der Waals surface area contributed by atoms with Crippen LogP contribution in [0.4, 0.5) is 0 Å². The largest absolute Gasteiger partial charge is 0.325 e. The van der Waals surface area contributed by atoms with Gasteiger partial charge in [-0.2, -0.15) is 0 Å². The van der Waals surface area contributed by atoms with E-state index in [-0.39, 0.29) is 18.1 Å². The van der Waals surface area contributed by atoms with E-state index in [0.717, 1.165) is 6.42 Å². The summed E-state index contributed by atoms with van der Waals surface area (Å²) in [6.07, 6.45) is 2.68. The Morgan fingerprint density at radius 2 is 2.12 bits per heavy atom. The molecule has 1 amide bonds. The van der Waals surface area contributed by atoms with Gasteiger partial charge < -0.3 is 4.90 Å². The molecule has 4 nitrogen and oxygen atoms in total. The predicted molar refractivity (Wildman–Crippen MR) is 66.5 cm³/mol. The molecule has 0 aromatic rings. The van der Waals surface area contributed by atoms with Gasteiger partial charge in [0.05, 0.1) is 12.2 Å². The van der Waals surface area contributed by atoms with Crippen molar-refractivity contribution in [1.82, 2.24) is 10.2 Å². The van der Waals surface area contributed by atoms with Crippen LogP contribution in [0.15, 0.2) is 0 Å². The van der Waals surface area contributed by atoms with Crippen molar-refractivity contribution >= 4 is 16.7 Å². The maximum absolute atomic E-state index is 12.1. The molecule has 0 bridgehead atoms. The number of rotatable bonds is 5. The highest BCUT2D eigenvalue weighted by atomic mass is 32.2. The lowest BCUT2D eigenvalue weighted by molar-refractivity contribution is -0.130. The zero-order valence-corrected chi connectivity index (χ0v) is 11.3. The van der Waals surface area contributed by atoms with Crippen LogP contribution >= 0.6 is 0 Å². The minimum Gasteiger partial charge on any atom is -0.325 e. The summed E-state index contributed by atoms with van der Waals surface area (Å²) < 4.78 is 11.1. The first kappa shape index (κ1) is 13.6. The number of carbonyl (C=O) groups excluding carboxylic acids is 1. The van der Waals surface area contributed by atoms with E-state index in [4.69, 9.17) is 0 Å². The smallest absolute Gasteiger partial charge is 0.241 e. The normalized spacial score (nSPS) is 27.8. The average Bonchev–Trinajstić information content (AvgIpc) is 2.52. The van der Waals surface area contributed by atoms with Crippen molar-refractivity contribution in [2.24, 2.45) is 5.92 Å². The first-order valence-electron chi connectivity index (χ1n) is 5.84. The van der Waals surface area contributed by atoms with Gasteiger partial charge in [-0.25, -0.2) is 0 Å². The third-order valence-electron chi connectivity index (χ3n) is 2.97. The molecule has 1 saturated heterocycles. The summed E-state index contributed by atoms with van der Waals surface area (Å²) in [5.74, 6) is 1.03. The van der Waals surface area contributed by atoms with E-state index in [2.05, 4.69) is 12.2 Å². The molecule has 0 aromatic carbocycles. The molecule has 5 heteroatoms. The van der Waals surface area contributed by atoms with Crippen molar-refractivity contribution < 1.29 is 9.00 Å². The predicted octanol–water partition coefficient (Wildman–Crippen LogP) is 0.557. The second kappa shape index (κ2) is 5.77. The molecule has 1 N–H and O–H groups in total. The van der Waals surface area contributed by atoms with Gasteiger partial charge in [0.2, 0.25) is 5.91 Å². The summed E-state index contributed by atoms with van der Waals surface area (Å²) in [5.41, 5.74) is 0. The van der Waals surface area contributed by atoms with E-state index in [1.165, 1.54) is 0 Å². The molecule has 3 atom stereocenters. The Morgan fingerprint density at radius 1 is 1.50 bits per heavy atom. The van der Waals surface area contributed by atoms with Crippen LogP contribution < -0.4 is 5.32 Å². The molecule has 1 fully saturated rings. The third kappa shape index (κ3) is 3.04. The average molecular weight is 246 g/mol. The van der Waals surface area contributed by atoms with Crippen molar-refractivity contribution in [3.63, 3.8) is 0 Å². The molecular weight excluding hydrogens is 224 g/mol. The number of hydrogen-bond acceptors (Lipinski definition) is 3. The standard InChI is InChI=1S/C11H22N2O2S/c1-5-9-12-10(8(2)3)11(14)13(9)6-7-16(4)15/h8-10,12H,5-7H2,1-4H3. The number of carbonyl (C=O) groups is 1. The highest BCUT2D eigenvalue weighted by Crippen LogP contribution is 2.18. The molecular formula is C11H22N2O2S. The van der Waals surface area contributed by atoms with Crippen molar-refractivity contribution in [3.05, 3.63) is 0 Å². The lowest BCUT2D eigenvalue weighted by Crippen LogP contribution is -2.39. The molecule has 0 aromatic heterocycles. The van der Waals surface area contributed by atoms with Gasteiger partial charge in [-0.3, -0.25) is 14.3 Å². The van der Waals surface area contributed by atoms with E-state index in [9.17, 15) is 9.00 Å². The second-order valence-corrected chi connectivity index (χ2v) is 6.18. The van der Waals surface area contributed by atoms with E-state index in [0.29, 0.717) is 18.2 Å². The van der Waals surface area contributed by atoms with Crippen LogP contribution in [0.1, 0.15) is 27.2 Å². The van der Waals surface area contributed by atoms with Crippen LogP contribution in [-0.4, -0.2) is 45.8 Å². The van der Waals surface area contributed by atoms with Crippen molar-refractivity contribution in [2.75, 3.05) is 18.6 Å². The van der Waals surface area contributed by atoms with Gasteiger partial charge in [-0.1, -0.05) is 20.8 Å². The molecule has 16 heavy (non-hydrogen) atoms. The molecule has 0 spiro atoms. The Kier molecular flexibility index (Phi) is 4.92. The van der Waals surface area contributed by atoms with Gasteiger partial charge in [0.25, 0.3) is 0 Å². The first-order valence-corrected chi connectivity index (χ1v) is 7.56. The van der Waals surface area contributed by atoms with Crippen LogP contribution in [0.3, 0.4) is 0 Å². The zero-order chi connectivity index (χ0) is 12.3. The maximum Gasteiger partial charge on any atom is 0.241 e. The summed E-state index contributed by atoms with van der Waals surface area (Å²) in [4.78, 5) is 13.9. The number of nitrogens with one attached hydrogen (secondary N) is 1. The van der Waals surface area contributed by atoms with Gasteiger partial charge in [-0.05, 0) is 12.3 Å².